The van der Waals surface area contributed by atoms with Crippen molar-refractivity contribution in [3.8, 4) is 0 Å². The lowest BCUT2D eigenvalue weighted by atomic mass is 10.3. The zero-order chi connectivity index (χ0) is 10.5. The third kappa shape index (κ3) is 2.79. The highest BCUT2D eigenvalue weighted by molar-refractivity contribution is 7.13. The summed E-state index contributed by atoms with van der Waals surface area (Å²) in [6, 6.07) is 2.13. The van der Waals surface area contributed by atoms with Crippen LogP contribution in [0.4, 0.5) is 5.13 Å². The smallest absolute Gasteiger partial charge is 0.205 e. The van der Waals surface area contributed by atoms with Gasteiger partial charge in [-0.25, -0.2) is 0 Å². The Hall–Kier alpha value is -1.36. The van der Waals surface area contributed by atoms with Gasteiger partial charge in [0.15, 0.2) is 0 Å². The summed E-state index contributed by atoms with van der Waals surface area (Å²) in [6.07, 6.45) is 5.44. The second-order valence-corrected chi connectivity index (χ2v) is 4.19. The Labute approximate surface area is 93.0 Å². The minimum atomic E-state index is 0.811. The average Bonchev–Trinajstić information content (AvgIpc) is 2.85. The number of hydrogen-bond donors (Lipinski definition) is 1. The minimum absolute atomic E-state index is 0.811. The zero-order valence-corrected chi connectivity index (χ0v) is 9.50. The molecule has 0 radical (unpaired) electrons. The van der Waals surface area contributed by atoms with Gasteiger partial charge in [-0.2, -0.15) is 0 Å². The first-order chi connectivity index (χ1) is 7.38. The molecule has 2 aromatic heterocycles. The Balaban J connectivity index is 1.88. The molecule has 2 aromatic rings. The van der Waals surface area contributed by atoms with Gasteiger partial charge in [-0.1, -0.05) is 18.3 Å². The van der Waals surface area contributed by atoms with E-state index in [0.29, 0.717) is 0 Å². The fourth-order valence-electron chi connectivity index (χ4n) is 1.42. The molecule has 0 atom stereocenters. The van der Waals surface area contributed by atoms with Crippen LogP contribution in [-0.4, -0.2) is 14.8 Å². The van der Waals surface area contributed by atoms with E-state index in [4.69, 9.17) is 0 Å². The largest absolute Gasteiger partial charge is 0.356 e. The topological polar surface area (TPSA) is 42.7 Å². The fraction of sp³-hybridized carbons (Fsp3) is 0.400. The molecule has 4 nitrogen and oxygen atoms in total. The normalized spacial score (nSPS) is 10.5. The number of hydrogen-bond acceptors (Lipinski definition) is 4. The van der Waals surface area contributed by atoms with Crippen molar-refractivity contribution < 1.29 is 0 Å². The molecule has 2 heterocycles. The summed E-state index contributed by atoms with van der Waals surface area (Å²) in [4.78, 5) is 0. The standard InChI is InChI=1S/C10H14N4S/c1-2-4-14-5-3-9(7-14)6-11-10-13-12-8-15-10/h3,5,7-8H,2,4,6H2,1H3,(H,11,13). The van der Waals surface area contributed by atoms with Crippen molar-refractivity contribution in [3.63, 3.8) is 0 Å². The maximum Gasteiger partial charge on any atom is 0.205 e. The van der Waals surface area contributed by atoms with E-state index in [1.807, 2.05) is 0 Å². The highest BCUT2D eigenvalue weighted by atomic mass is 32.1. The minimum Gasteiger partial charge on any atom is -0.356 e. The number of rotatable bonds is 5. The maximum atomic E-state index is 3.93. The van der Waals surface area contributed by atoms with E-state index < -0.39 is 0 Å². The van der Waals surface area contributed by atoms with Gasteiger partial charge in [-0.05, 0) is 18.1 Å². The Morgan fingerprint density at radius 3 is 3.20 bits per heavy atom. The second-order valence-electron chi connectivity index (χ2n) is 3.36. The van der Waals surface area contributed by atoms with Crippen LogP contribution in [0.2, 0.25) is 0 Å². The maximum absolute atomic E-state index is 3.93. The van der Waals surface area contributed by atoms with Crippen LogP contribution >= 0.6 is 11.3 Å². The number of aryl methyl sites for hydroxylation is 1. The van der Waals surface area contributed by atoms with Gasteiger partial charge in [0.2, 0.25) is 5.13 Å². The van der Waals surface area contributed by atoms with Crippen molar-refractivity contribution in [2.24, 2.45) is 0 Å². The number of nitrogens with zero attached hydrogens (tertiary/aromatic N) is 3. The predicted molar refractivity (Wildman–Crippen MR) is 62.0 cm³/mol. The lowest BCUT2D eigenvalue weighted by molar-refractivity contribution is 0.681. The summed E-state index contributed by atoms with van der Waals surface area (Å²) in [5.41, 5.74) is 3.00. The molecule has 80 valence electrons. The van der Waals surface area contributed by atoms with Gasteiger partial charge in [0.05, 0.1) is 0 Å². The molecular formula is C10H14N4S. The van der Waals surface area contributed by atoms with E-state index in [0.717, 1.165) is 24.6 Å². The Morgan fingerprint density at radius 2 is 2.47 bits per heavy atom. The first kappa shape index (κ1) is 10.2. The number of aromatic nitrogens is 3. The summed E-state index contributed by atoms with van der Waals surface area (Å²) in [5, 5.41) is 11.8. The molecule has 0 aliphatic carbocycles. The molecule has 0 aliphatic rings. The highest BCUT2D eigenvalue weighted by Crippen LogP contribution is 2.10. The lowest BCUT2D eigenvalue weighted by Crippen LogP contribution is -1.98. The van der Waals surface area contributed by atoms with Crippen molar-refractivity contribution in [2.45, 2.75) is 26.4 Å². The molecule has 5 heteroatoms. The van der Waals surface area contributed by atoms with Gasteiger partial charge < -0.3 is 9.88 Å². The molecule has 0 saturated heterocycles. The predicted octanol–water partition coefficient (Wildman–Crippen LogP) is 2.36. The van der Waals surface area contributed by atoms with Gasteiger partial charge >= 0.3 is 0 Å². The van der Waals surface area contributed by atoms with Gasteiger partial charge in [0, 0.05) is 25.5 Å². The Morgan fingerprint density at radius 1 is 1.53 bits per heavy atom. The van der Waals surface area contributed by atoms with Crippen molar-refractivity contribution in [3.05, 3.63) is 29.5 Å². The van der Waals surface area contributed by atoms with Crippen LogP contribution in [0.25, 0.3) is 0 Å². The third-order valence-electron chi connectivity index (χ3n) is 2.10. The van der Waals surface area contributed by atoms with Crippen LogP contribution < -0.4 is 5.32 Å². The van der Waals surface area contributed by atoms with Crippen LogP contribution in [0.3, 0.4) is 0 Å². The number of nitrogens with one attached hydrogen (secondary N) is 1. The van der Waals surface area contributed by atoms with E-state index in [2.05, 4.69) is 45.5 Å². The summed E-state index contributed by atoms with van der Waals surface area (Å²) < 4.78 is 2.21. The second kappa shape index (κ2) is 4.93. The SMILES string of the molecule is CCCn1ccc(CNc2nncs2)c1. The highest BCUT2D eigenvalue weighted by Gasteiger charge is 1.98. The van der Waals surface area contributed by atoms with Gasteiger partial charge in [-0.15, -0.1) is 10.2 Å². The summed E-state index contributed by atoms with van der Waals surface area (Å²) >= 11 is 1.52. The van der Waals surface area contributed by atoms with Crippen LogP contribution in [0.5, 0.6) is 0 Å². The first-order valence-corrected chi connectivity index (χ1v) is 5.91. The van der Waals surface area contributed by atoms with Crippen molar-refractivity contribution in [1.29, 1.82) is 0 Å². The monoisotopic (exact) mass is 222 g/mol. The summed E-state index contributed by atoms with van der Waals surface area (Å²) in [5.74, 6) is 0. The molecule has 1 N–H and O–H groups in total. The van der Waals surface area contributed by atoms with E-state index in [1.165, 1.54) is 16.9 Å². The Kier molecular flexibility index (Phi) is 3.34. The van der Waals surface area contributed by atoms with E-state index in [9.17, 15) is 0 Å². The molecular weight excluding hydrogens is 208 g/mol. The van der Waals surface area contributed by atoms with Crippen LogP contribution in [0.15, 0.2) is 24.0 Å². The quantitative estimate of drug-likeness (QED) is 0.844. The molecule has 15 heavy (non-hydrogen) atoms. The van der Waals surface area contributed by atoms with Gasteiger partial charge in [-0.3, -0.25) is 0 Å². The number of anilines is 1. The van der Waals surface area contributed by atoms with Crippen LogP contribution in [0.1, 0.15) is 18.9 Å². The molecule has 0 spiro atoms. The molecule has 0 aliphatic heterocycles. The van der Waals surface area contributed by atoms with Crippen molar-refractivity contribution in [1.82, 2.24) is 14.8 Å². The van der Waals surface area contributed by atoms with E-state index in [1.54, 1.807) is 5.51 Å². The van der Waals surface area contributed by atoms with E-state index in [-0.39, 0.29) is 0 Å². The van der Waals surface area contributed by atoms with E-state index >= 15 is 0 Å². The molecule has 0 saturated carbocycles. The van der Waals surface area contributed by atoms with Gasteiger partial charge in [0.25, 0.3) is 0 Å². The molecule has 0 aromatic carbocycles. The van der Waals surface area contributed by atoms with Crippen LogP contribution in [-0.2, 0) is 13.1 Å². The summed E-state index contributed by atoms with van der Waals surface area (Å²) in [7, 11) is 0. The molecule has 0 bridgehead atoms. The van der Waals surface area contributed by atoms with Gasteiger partial charge in [0.1, 0.15) is 5.51 Å². The van der Waals surface area contributed by atoms with Crippen molar-refractivity contribution >= 4 is 16.5 Å². The fourth-order valence-corrected chi connectivity index (χ4v) is 1.86. The molecule has 0 amide bonds. The molecule has 2 rings (SSSR count). The third-order valence-corrected chi connectivity index (χ3v) is 2.75. The zero-order valence-electron chi connectivity index (χ0n) is 8.68. The molecule has 0 fully saturated rings. The first-order valence-electron chi connectivity index (χ1n) is 5.03. The lowest BCUT2D eigenvalue weighted by Gasteiger charge is -1.99. The summed E-state index contributed by atoms with van der Waals surface area (Å²) in [6.45, 7) is 4.07. The van der Waals surface area contributed by atoms with Crippen LogP contribution in [0, 0.1) is 0 Å². The molecule has 0 unspecified atom stereocenters. The average molecular weight is 222 g/mol. The Bertz CT molecular complexity index is 393. The van der Waals surface area contributed by atoms with Crippen molar-refractivity contribution in [2.75, 3.05) is 5.32 Å².